The van der Waals surface area contributed by atoms with Gasteiger partial charge in [-0.05, 0) is 43.2 Å². The van der Waals surface area contributed by atoms with Crippen LogP contribution in [-0.4, -0.2) is 42.8 Å². The Balaban J connectivity index is 1.75. The molecule has 1 fully saturated rings. The van der Waals surface area contributed by atoms with E-state index in [-0.39, 0.29) is 30.2 Å². The van der Waals surface area contributed by atoms with E-state index < -0.39 is 0 Å². The molecule has 4 heterocycles. The van der Waals surface area contributed by atoms with Gasteiger partial charge in [0.15, 0.2) is 0 Å². The van der Waals surface area contributed by atoms with Crippen molar-refractivity contribution in [3.05, 3.63) is 68.9 Å². The summed E-state index contributed by atoms with van der Waals surface area (Å²) in [5.41, 5.74) is 1.35. The third kappa shape index (κ3) is 4.27. The smallest absolute Gasteiger partial charge is 0.267 e. The minimum absolute atomic E-state index is 0.0133. The molecule has 4 rings (SSSR count). The molecular formula is C21H20N4O4S2. The Morgan fingerprint density at radius 2 is 2.16 bits per heavy atom. The summed E-state index contributed by atoms with van der Waals surface area (Å²) in [5.74, 6) is 0.692. The lowest BCUT2D eigenvalue weighted by Gasteiger charge is -2.13. The van der Waals surface area contributed by atoms with Crippen molar-refractivity contribution in [2.75, 3.05) is 18.5 Å². The van der Waals surface area contributed by atoms with Gasteiger partial charge in [0.2, 0.25) is 0 Å². The van der Waals surface area contributed by atoms with Gasteiger partial charge in [-0.15, -0.1) is 0 Å². The van der Waals surface area contributed by atoms with Crippen LogP contribution in [0.4, 0.5) is 5.82 Å². The molecule has 0 radical (unpaired) electrons. The standard InChI is InChI=1S/C21H20N4O4S2/c1-13-5-2-8-24-18(13)23-17(22-7-4-9-26)15(19(24)27)11-16-20(28)25(21(30)31-16)12-14-6-3-10-29-14/h2-3,5-6,8,10-11,22,26H,4,7,9,12H2,1H3. The monoisotopic (exact) mass is 456 g/mol. The van der Waals surface area contributed by atoms with Crippen LogP contribution in [0.15, 0.2) is 50.8 Å². The Bertz CT molecular complexity index is 1230. The Hall–Kier alpha value is -2.95. The summed E-state index contributed by atoms with van der Waals surface area (Å²) in [7, 11) is 0. The summed E-state index contributed by atoms with van der Waals surface area (Å²) in [6.07, 6.45) is 5.22. The van der Waals surface area contributed by atoms with Crippen LogP contribution in [0.25, 0.3) is 11.7 Å². The number of furan rings is 1. The van der Waals surface area contributed by atoms with Crippen LogP contribution in [0.3, 0.4) is 0 Å². The van der Waals surface area contributed by atoms with E-state index in [4.69, 9.17) is 21.7 Å². The zero-order valence-corrected chi connectivity index (χ0v) is 18.3. The van der Waals surface area contributed by atoms with E-state index in [0.29, 0.717) is 39.4 Å². The predicted octanol–water partition coefficient (Wildman–Crippen LogP) is 2.79. The molecule has 1 amide bonds. The number of nitrogens with zero attached hydrogens (tertiary/aromatic N) is 3. The molecule has 1 aliphatic heterocycles. The fourth-order valence-corrected chi connectivity index (χ4v) is 4.43. The number of fused-ring (bicyclic) bond motifs is 1. The van der Waals surface area contributed by atoms with Crippen molar-refractivity contribution in [1.82, 2.24) is 14.3 Å². The summed E-state index contributed by atoms with van der Waals surface area (Å²) < 4.78 is 7.18. The molecule has 3 aromatic rings. The maximum atomic E-state index is 13.3. The van der Waals surface area contributed by atoms with Crippen LogP contribution < -0.4 is 10.9 Å². The number of anilines is 1. The molecular weight excluding hydrogens is 436 g/mol. The lowest BCUT2D eigenvalue weighted by atomic mass is 10.2. The number of carbonyl (C=O) groups is 1. The molecule has 0 aromatic carbocycles. The second-order valence-corrected chi connectivity index (χ2v) is 8.59. The van der Waals surface area contributed by atoms with Gasteiger partial charge in [0.05, 0.1) is 23.3 Å². The van der Waals surface area contributed by atoms with Gasteiger partial charge in [-0.2, -0.15) is 0 Å². The highest BCUT2D eigenvalue weighted by Gasteiger charge is 2.33. The fraction of sp³-hybridized carbons (Fsp3) is 0.238. The molecule has 0 spiro atoms. The van der Waals surface area contributed by atoms with Crippen molar-refractivity contribution >= 4 is 51.7 Å². The minimum atomic E-state index is -0.295. The van der Waals surface area contributed by atoms with Gasteiger partial charge in [-0.3, -0.25) is 18.9 Å². The van der Waals surface area contributed by atoms with Crippen LogP contribution in [0.1, 0.15) is 23.3 Å². The number of aryl methyl sites for hydroxylation is 1. The van der Waals surface area contributed by atoms with Crippen molar-refractivity contribution in [2.24, 2.45) is 0 Å². The number of carbonyl (C=O) groups excluding carboxylic acids is 1. The van der Waals surface area contributed by atoms with E-state index in [0.717, 1.165) is 17.3 Å². The predicted molar refractivity (Wildman–Crippen MR) is 124 cm³/mol. The van der Waals surface area contributed by atoms with Crippen LogP contribution in [0.2, 0.25) is 0 Å². The van der Waals surface area contributed by atoms with Gasteiger partial charge >= 0.3 is 0 Å². The molecule has 0 bridgehead atoms. The van der Waals surface area contributed by atoms with Gasteiger partial charge in [0.1, 0.15) is 21.5 Å². The number of rotatable bonds is 7. The number of thiocarbonyl (C=S) groups is 1. The molecule has 160 valence electrons. The normalized spacial score (nSPS) is 15.4. The van der Waals surface area contributed by atoms with Crippen molar-refractivity contribution in [3.63, 3.8) is 0 Å². The molecule has 1 aliphatic rings. The zero-order chi connectivity index (χ0) is 22.0. The number of hydrogen-bond acceptors (Lipinski definition) is 8. The number of thioether (sulfide) groups is 1. The van der Waals surface area contributed by atoms with E-state index in [1.807, 2.05) is 13.0 Å². The first kappa shape index (κ1) is 21.3. The average molecular weight is 457 g/mol. The molecule has 3 aromatic heterocycles. The maximum absolute atomic E-state index is 13.3. The Labute approximate surface area is 187 Å². The molecule has 31 heavy (non-hydrogen) atoms. The topological polar surface area (TPSA) is 100 Å². The summed E-state index contributed by atoms with van der Waals surface area (Å²) >= 11 is 6.51. The zero-order valence-electron chi connectivity index (χ0n) is 16.7. The summed E-state index contributed by atoms with van der Waals surface area (Å²) in [5, 5.41) is 12.2. The lowest BCUT2D eigenvalue weighted by Crippen LogP contribution is -2.27. The largest absolute Gasteiger partial charge is 0.467 e. The minimum Gasteiger partial charge on any atom is -0.467 e. The number of hydrogen-bond donors (Lipinski definition) is 2. The van der Waals surface area contributed by atoms with Crippen LogP contribution in [0, 0.1) is 6.92 Å². The molecule has 10 heteroatoms. The van der Waals surface area contributed by atoms with Crippen LogP contribution in [-0.2, 0) is 11.3 Å². The van der Waals surface area contributed by atoms with Crippen LogP contribution >= 0.6 is 24.0 Å². The summed E-state index contributed by atoms with van der Waals surface area (Å²) in [4.78, 5) is 32.6. The third-order valence-electron chi connectivity index (χ3n) is 4.75. The Kier molecular flexibility index (Phi) is 6.21. The van der Waals surface area contributed by atoms with Gasteiger partial charge in [0, 0.05) is 19.3 Å². The Morgan fingerprint density at radius 1 is 1.32 bits per heavy atom. The van der Waals surface area contributed by atoms with Crippen molar-refractivity contribution < 1.29 is 14.3 Å². The molecule has 8 nitrogen and oxygen atoms in total. The van der Waals surface area contributed by atoms with E-state index in [9.17, 15) is 9.59 Å². The number of pyridine rings is 1. The molecule has 1 saturated heterocycles. The molecule has 0 aliphatic carbocycles. The molecule has 0 saturated carbocycles. The van der Waals surface area contributed by atoms with Gasteiger partial charge in [0.25, 0.3) is 11.5 Å². The number of aliphatic hydroxyl groups excluding tert-OH is 1. The SMILES string of the molecule is Cc1cccn2c(=O)c(C=C3SC(=S)N(Cc4ccco4)C3=O)c(NCCCO)nc12. The maximum Gasteiger partial charge on any atom is 0.267 e. The first-order valence-corrected chi connectivity index (χ1v) is 10.9. The number of aliphatic hydroxyl groups is 1. The lowest BCUT2D eigenvalue weighted by molar-refractivity contribution is -0.122. The van der Waals surface area contributed by atoms with Crippen LogP contribution in [0.5, 0.6) is 0 Å². The second-order valence-electron chi connectivity index (χ2n) is 6.92. The first-order valence-electron chi connectivity index (χ1n) is 9.64. The molecule has 2 N–H and O–H groups in total. The average Bonchev–Trinajstić information content (AvgIpc) is 3.35. The van der Waals surface area contributed by atoms with Crippen molar-refractivity contribution in [2.45, 2.75) is 19.9 Å². The van der Waals surface area contributed by atoms with Crippen molar-refractivity contribution in [1.29, 1.82) is 0 Å². The highest BCUT2D eigenvalue weighted by Crippen LogP contribution is 2.34. The number of aromatic nitrogens is 2. The van der Waals surface area contributed by atoms with Gasteiger partial charge in [-0.25, -0.2) is 4.98 Å². The Morgan fingerprint density at radius 3 is 2.90 bits per heavy atom. The van der Waals surface area contributed by atoms with E-state index in [2.05, 4.69) is 10.3 Å². The number of amides is 1. The van der Waals surface area contributed by atoms with Gasteiger partial charge in [-0.1, -0.05) is 30.0 Å². The van der Waals surface area contributed by atoms with E-state index >= 15 is 0 Å². The van der Waals surface area contributed by atoms with Gasteiger partial charge < -0.3 is 14.8 Å². The molecule has 0 unspecified atom stereocenters. The molecule has 0 atom stereocenters. The highest BCUT2D eigenvalue weighted by molar-refractivity contribution is 8.26. The first-order chi connectivity index (χ1) is 15.0. The second kappa shape index (κ2) is 9.04. The van der Waals surface area contributed by atoms with Crippen molar-refractivity contribution in [3.8, 4) is 0 Å². The summed E-state index contributed by atoms with van der Waals surface area (Å²) in [6.45, 7) is 2.55. The fourth-order valence-electron chi connectivity index (χ4n) is 3.19. The summed E-state index contributed by atoms with van der Waals surface area (Å²) in [6, 6.07) is 7.17. The number of nitrogens with one attached hydrogen (secondary N) is 1. The van der Waals surface area contributed by atoms with E-state index in [1.54, 1.807) is 24.4 Å². The highest BCUT2D eigenvalue weighted by atomic mass is 32.2. The third-order valence-corrected chi connectivity index (χ3v) is 6.13. The van der Waals surface area contributed by atoms with E-state index in [1.165, 1.54) is 21.6 Å². The quantitative estimate of drug-likeness (QED) is 0.318.